The first kappa shape index (κ1) is 10.8. The highest BCUT2D eigenvalue weighted by atomic mass is 16.5. The van der Waals surface area contributed by atoms with Gasteiger partial charge in [0.1, 0.15) is 11.6 Å². The summed E-state index contributed by atoms with van der Waals surface area (Å²) in [6, 6.07) is 2.53. The molecule has 0 saturated carbocycles. The summed E-state index contributed by atoms with van der Waals surface area (Å²) in [6.45, 7) is 5.21. The highest BCUT2D eigenvalue weighted by Crippen LogP contribution is 2.31. The molecule has 0 amide bonds. The zero-order chi connectivity index (χ0) is 11.8. The van der Waals surface area contributed by atoms with Crippen LogP contribution in [0.25, 0.3) is 0 Å². The highest BCUT2D eigenvalue weighted by molar-refractivity contribution is 5.45. The van der Waals surface area contributed by atoms with E-state index in [1.54, 1.807) is 7.11 Å². The predicted molar refractivity (Wildman–Crippen MR) is 65.4 cm³/mol. The van der Waals surface area contributed by atoms with E-state index in [1.165, 1.54) is 6.42 Å². The van der Waals surface area contributed by atoms with E-state index >= 15 is 0 Å². The van der Waals surface area contributed by atoms with Gasteiger partial charge in [-0.15, -0.1) is 0 Å². The van der Waals surface area contributed by atoms with Crippen molar-refractivity contribution in [2.45, 2.75) is 19.4 Å². The van der Waals surface area contributed by atoms with Gasteiger partial charge in [-0.25, -0.2) is 4.98 Å². The molecule has 1 aromatic rings. The Morgan fingerprint density at radius 2 is 2.29 bits per heavy atom. The molecule has 2 saturated heterocycles. The van der Waals surface area contributed by atoms with Crippen molar-refractivity contribution in [1.29, 1.82) is 0 Å². The molecule has 2 fully saturated rings. The molecule has 2 aliphatic heterocycles. The molecule has 3 rings (SSSR count). The van der Waals surface area contributed by atoms with Crippen LogP contribution in [0.5, 0.6) is 5.88 Å². The number of hydrogen-bond acceptors (Lipinski definition) is 5. The summed E-state index contributed by atoms with van der Waals surface area (Å²) in [7, 11) is 1.65. The summed E-state index contributed by atoms with van der Waals surface area (Å²) >= 11 is 0. The van der Waals surface area contributed by atoms with Gasteiger partial charge >= 0.3 is 0 Å². The van der Waals surface area contributed by atoms with E-state index in [9.17, 15) is 0 Å². The molecule has 92 valence electrons. The van der Waals surface area contributed by atoms with Gasteiger partial charge in [0.15, 0.2) is 0 Å². The predicted octanol–water partition coefficient (Wildman–Crippen LogP) is 0.592. The van der Waals surface area contributed by atoms with Crippen molar-refractivity contribution in [1.82, 2.24) is 15.3 Å². The summed E-state index contributed by atoms with van der Waals surface area (Å²) in [5.74, 6) is 3.21. The first-order valence-electron chi connectivity index (χ1n) is 6.15. The van der Waals surface area contributed by atoms with Gasteiger partial charge in [0.2, 0.25) is 5.88 Å². The fourth-order valence-corrected chi connectivity index (χ4v) is 2.91. The van der Waals surface area contributed by atoms with Crippen LogP contribution in [0.3, 0.4) is 0 Å². The molecule has 0 unspecified atom stereocenters. The molecule has 1 aromatic heterocycles. The maximum absolute atomic E-state index is 5.21. The number of fused-ring (bicyclic) bond motifs is 1. The third kappa shape index (κ3) is 1.84. The minimum absolute atomic E-state index is 0.592. The molecule has 5 nitrogen and oxygen atoms in total. The van der Waals surface area contributed by atoms with Crippen molar-refractivity contribution in [2.75, 3.05) is 31.6 Å². The summed E-state index contributed by atoms with van der Waals surface area (Å²) in [6.07, 6.45) is 1.25. The first-order chi connectivity index (χ1) is 8.28. The lowest BCUT2D eigenvalue weighted by atomic mass is 10.1. The van der Waals surface area contributed by atoms with Crippen molar-refractivity contribution in [2.24, 2.45) is 5.92 Å². The molecule has 0 aromatic carbocycles. The zero-order valence-electron chi connectivity index (χ0n) is 10.3. The molecule has 0 radical (unpaired) electrons. The topological polar surface area (TPSA) is 50.3 Å². The Kier molecular flexibility index (Phi) is 2.63. The first-order valence-corrected chi connectivity index (χ1v) is 6.15. The number of ether oxygens (including phenoxy) is 1. The van der Waals surface area contributed by atoms with Gasteiger partial charge in [-0.1, -0.05) is 0 Å². The van der Waals surface area contributed by atoms with Crippen LogP contribution < -0.4 is 15.0 Å². The van der Waals surface area contributed by atoms with Crippen molar-refractivity contribution >= 4 is 5.82 Å². The molecule has 1 N–H and O–H groups in total. The lowest BCUT2D eigenvalue weighted by Gasteiger charge is -2.24. The van der Waals surface area contributed by atoms with Crippen LogP contribution in [0.15, 0.2) is 6.07 Å². The molecular weight excluding hydrogens is 216 g/mol. The lowest BCUT2D eigenvalue weighted by Crippen LogP contribution is -2.34. The maximum Gasteiger partial charge on any atom is 0.218 e. The van der Waals surface area contributed by atoms with Gasteiger partial charge in [-0.2, -0.15) is 4.98 Å². The summed E-state index contributed by atoms with van der Waals surface area (Å²) in [4.78, 5) is 11.2. The van der Waals surface area contributed by atoms with Crippen LogP contribution in [-0.4, -0.2) is 42.8 Å². The number of nitrogens with zero attached hydrogens (tertiary/aromatic N) is 3. The third-order valence-corrected chi connectivity index (χ3v) is 3.75. The van der Waals surface area contributed by atoms with E-state index < -0.39 is 0 Å². The van der Waals surface area contributed by atoms with E-state index in [0.29, 0.717) is 11.9 Å². The van der Waals surface area contributed by atoms with Gasteiger partial charge in [-0.05, 0) is 19.3 Å². The molecule has 5 heteroatoms. The van der Waals surface area contributed by atoms with Crippen molar-refractivity contribution in [3.63, 3.8) is 0 Å². The fourth-order valence-electron chi connectivity index (χ4n) is 2.91. The molecule has 3 heterocycles. The number of methoxy groups -OCH3 is 1. The Morgan fingerprint density at radius 1 is 1.41 bits per heavy atom. The average molecular weight is 234 g/mol. The highest BCUT2D eigenvalue weighted by Gasteiger charge is 2.38. The lowest BCUT2D eigenvalue weighted by molar-refractivity contribution is 0.395. The summed E-state index contributed by atoms with van der Waals surface area (Å²) < 4.78 is 5.21. The minimum atomic E-state index is 0.592. The van der Waals surface area contributed by atoms with E-state index in [1.807, 2.05) is 13.0 Å². The molecule has 0 spiro atoms. The van der Waals surface area contributed by atoms with Crippen molar-refractivity contribution in [3.05, 3.63) is 11.9 Å². The standard InChI is InChI=1S/C12H18N4O/c1-8-14-11(5-12(15-8)17-2)16-4-3-9-6-13-7-10(9)16/h5,9-10,13H,3-4,6-7H2,1-2H3/t9-,10+/m0/s1. The fraction of sp³-hybridized carbons (Fsp3) is 0.667. The second kappa shape index (κ2) is 4.14. The van der Waals surface area contributed by atoms with Gasteiger partial charge in [0, 0.05) is 31.7 Å². The zero-order valence-corrected chi connectivity index (χ0v) is 10.3. The Balaban J connectivity index is 1.90. The van der Waals surface area contributed by atoms with Gasteiger partial charge in [0.25, 0.3) is 0 Å². The second-order valence-corrected chi connectivity index (χ2v) is 4.78. The normalized spacial score (nSPS) is 27.3. The number of rotatable bonds is 2. The minimum Gasteiger partial charge on any atom is -0.481 e. The molecule has 2 aliphatic rings. The van der Waals surface area contributed by atoms with Gasteiger partial charge < -0.3 is 15.0 Å². The second-order valence-electron chi connectivity index (χ2n) is 4.78. The van der Waals surface area contributed by atoms with Crippen LogP contribution in [-0.2, 0) is 0 Å². The number of nitrogens with one attached hydrogen (secondary N) is 1. The van der Waals surface area contributed by atoms with Gasteiger partial charge in [0.05, 0.1) is 7.11 Å². The SMILES string of the molecule is COc1cc(N2CC[C@H]3CNC[C@H]32)nc(C)n1. The number of anilines is 1. The van der Waals surface area contributed by atoms with E-state index in [2.05, 4.69) is 20.2 Å². The Bertz CT molecular complexity index is 423. The van der Waals surface area contributed by atoms with Crippen LogP contribution in [0.2, 0.25) is 0 Å². The molecule has 0 aliphatic carbocycles. The summed E-state index contributed by atoms with van der Waals surface area (Å²) in [5, 5.41) is 3.45. The van der Waals surface area contributed by atoms with E-state index in [0.717, 1.165) is 37.2 Å². The van der Waals surface area contributed by atoms with Gasteiger partial charge in [-0.3, -0.25) is 0 Å². The molecular formula is C12H18N4O. The molecule has 17 heavy (non-hydrogen) atoms. The average Bonchev–Trinajstić information content (AvgIpc) is 2.89. The van der Waals surface area contributed by atoms with Crippen LogP contribution in [0.1, 0.15) is 12.2 Å². The van der Waals surface area contributed by atoms with Crippen LogP contribution in [0.4, 0.5) is 5.82 Å². The Morgan fingerprint density at radius 3 is 3.12 bits per heavy atom. The monoisotopic (exact) mass is 234 g/mol. The van der Waals surface area contributed by atoms with E-state index in [-0.39, 0.29) is 0 Å². The number of aromatic nitrogens is 2. The maximum atomic E-state index is 5.21. The quantitative estimate of drug-likeness (QED) is 0.811. The Labute approximate surface area is 101 Å². The van der Waals surface area contributed by atoms with Crippen molar-refractivity contribution in [3.8, 4) is 5.88 Å². The number of aryl methyl sites for hydroxylation is 1. The Hall–Kier alpha value is -1.36. The van der Waals surface area contributed by atoms with Crippen LogP contribution >= 0.6 is 0 Å². The molecule has 2 atom stereocenters. The van der Waals surface area contributed by atoms with Crippen molar-refractivity contribution < 1.29 is 4.74 Å². The third-order valence-electron chi connectivity index (χ3n) is 3.75. The van der Waals surface area contributed by atoms with Crippen LogP contribution in [0, 0.1) is 12.8 Å². The molecule has 0 bridgehead atoms. The summed E-state index contributed by atoms with van der Waals surface area (Å²) in [5.41, 5.74) is 0. The van der Waals surface area contributed by atoms with E-state index in [4.69, 9.17) is 4.74 Å². The smallest absolute Gasteiger partial charge is 0.218 e. The largest absolute Gasteiger partial charge is 0.481 e. The number of hydrogen-bond donors (Lipinski definition) is 1.